The van der Waals surface area contributed by atoms with Gasteiger partial charge >= 0.3 is 0 Å². The first-order chi connectivity index (χ1) is 5.33. The number of anilines is 1. The molecule has 68 valence electrons. The maximum absolute atomic E-state index is 3.07. The zero-order valence-corrected chi connectivity index (χ0v) is 8.24. The highest BCUT2D eigenvalue weighted by atomic mass is 35.5. The van der Waals surface area contributed by atoms with Crippen LogP contribution in [0.5, 0.6) is 0 Å². The van der Waals surface area contributed by atoms with E-state index in [1.807, 2.05) is 0 Å². The molecule has 0 aliphatic carbocycles. The number of nitrogens with one attached hydrogen (secondary N) is 2. The van der Waals surface area contributed by atoms with E-state index in [0.717, 1.165) is 12.2 Å². The van der Waals surface area contributed by atoms with Crippen molar-refractivity contribution in [2.24, 2.45) is 0 Å². The minimum atomic E-state index is 0. The molecule has 0 amide bonds. The lowest BCUT2D eigenvalue weighted by Gasteiger charge is -2.05. The number of benzene rings is 1. The average Bonchev–Trinajstić information content (AvgIpc) is 2.04. The Bertz CT molecular complexity index is 208. The molecular weight excluding hydrogens is 172 g/mol. The molecule has 1 aromatic rings. The summed E-state index contributed by atoms with van der Waals surface area (Å²) in [6, 6.07) is 8.27. The molecule has 0 saturated heterocycles. The third-order valence-electron chi connectivity index (χ3n) is 1.46. The predicted molar refractivity (Wildman–Crippen MR) is 55.7 cm³/mol. The number of hydrogen-bond donors (Lipinski definition) is 2. The molecule has 1 rings (SSSR count). The monoisotopic (exact) mass is 186 g/mol. The molecule has 0 bridgehead atoms. The summed E-state index contributed by atoms with van der Waals surface area (Å²) in [6.45, 7) is 5.06. The van der Waals surface area contributed by atoms with Crippen LogP contribution in [0.2, 0.25) is 0 Å². The molecule has 0 fully saturated rings. The van der Waals surface area contributed by atoms with Crippen molar-refractivity contribution in [1.82, 2.24) is 5.43 Å². The largest absolute Gasteiger partial charge is 0.322 e. The van der Waals surface area contributed by atoms with Crippen LogP contribution >= 0.6 is 12.4 Å². The molecule has 0 aliphatic heterocycles. The van der Waals surface area contributed by atoms with Crippen molar-refractivity contribution in [3.63, 3.8) is 0 Å². The molecule has 0 spiro atoms. The van der Waals surface area contributed by atoms with Gasteiger partial charge in [0.15, 0.2) is 0 Å². The summed E-state index contributed by atoms with van der Waals surface area (Å²) in [5, 5.41) is 0. The van der Waals surface area contributed by atoms with E-state index in [4.69, 9.17) is 0 Å². The van der Waals surface area contributed by atoms with Crippen LogP contribution in [-0.2, 0) is 0 Å². The number of hydrogen-bond acceptors (Lipinski definition) is 2. The molecule has 0 unspecified atom stereocenters. The van der Waals surface area contributed by atoms with Crippen molar-refractivity contribution in [2.45, 2.75) is 13.8 Å². The molecule has 0 radical (unpaired) electrons. The van der Waals surface area contributed by atoms with Crippen molar-refractivity contribution in [2.75, 3.05) is 12.0 Å². The van der Waals surface area contributed by atoms with Gasteiger partial charge < -0.3 is 5.43 Å². The molecule has 1 aromatic carbocycles. The lowest BCUT2D eigenvalue weighted by atomic mass is 10.2. The van der Waals surface area contributed by atoms with Crippen LogP contribution in [0.1, 0.15) is 12.5 Å². The SMILES string of the molecule is CCNNc1ccc(C)cc1.Cl. The van der Waals surface area contributed by atoms with Crippen LogP contribution in [0.4, 0.5) is 5.69 Å². The second-order valence-corrected chi connectivity index (χ2v) is 2.52. The third-order valence-corrected chi connectivity index (χ3v) is 1.46. The van der Waals surface area contributed by atoms with Gasteiger partial charge in [0.1, 0.15) is 0 Å². The Morgan fingerprint density at radius 2 is 1.75 bits per heavy atom. The molecule has 2 nitrogen and oxygen atoms in total. The Morgan fingerprint density at radius 3 is 2.25 bits per heavy atom. The van der Waals surface area contributed by atoms with Gasteiger partial charge in [-0.2, -0.15) is 0 Å². The van der Waals surface area contributed by atoms with Gasteiger partial charge in [-0.1, -0.05) is 24.6 Å². The summed E-state index contributed by atoms with van der Waals surface area (Å²) >= 11 is 0. The van der Waals surface area contributed by atoms with Gasteiger partial charge in [-0.05, 0) is 19.1 Å². The second-order valence-electron chi connectivity index (χ2n) is 2.52. The molecular formula is C9H15ClN2. The standard InChI is InChI=1S/C9H14N2.ClH/c1-3-10-11-9-6-4-8(2)5-7-9;/h4-7,10-11H,3H2,1-2H3;1H. The Hall–Kier alpha value is -0.730. The summed E-state index contributed by atoms with van der Waals surface area (Å²) in [7, 11) is 0. The van der Waals surface area contributed by atoms with Gasteiger partial charge in [0, 0.05) is 12.2 Å². The average molecular weight is 187 g/mol. The van der Waals surface area contributed by atoms with E-state index in [1.54, 1.807) is 0 Å². The fourth-order valence-corrected chi connectivity index (χ4v) is 0.827. The van der Waals surface area contributed by atoms with Gasteiger partial charge in [-0.15, -0.1) is 12.4 Å². The first kappa shape index (κ1) is 11.3. The number of rotatable bonds is 3. The normalized spacial score (nSPS) is 8.83. The minimum Gasteiger partial charge on any atom is -0.322 e. The van der Waals surface area contributed by atoms with E-state index in [-0.39, 0.29) is 12.4 Å². The van der Waals surface area contributed by atoms with Crippen LogP contribution < -0.4 is 10.9 Å². The van der Waals surface area contributed by atoms with Crippen molar-refractivity contribution < 1.29 is 0 Å². The smallest absolute Gasteiger partial charge is 0.0487 e. The van der Waals surface area contributed by atoms with Crippen molar-refractivity contribution in [1.29, 1.82) is 0 Å². The Balaban J connectivity index is 0.00000121. The zero-order valence-electron chi connectivity index (χ0n) is 7.42. The summed E-state index contributed by atoms with van der Waals surface area (Å²) in [5.74, 6) is 0. The number of hydrazine groups is 1. The molecule has 12 heavy (non-hydrogen) atoms. The van der Waals surface area contributed by atoms with E-state index < -0.39 is 0 Å². The Morgan fingerprint density at radius 1 is 1.17 bits per heavy atom. The highest BCUT2D eigenvalue weighted by Gasteiger charge is 1.87. The van der Waals surface area contributed by atoms with E-state index in [0.29, 0.717) is 0 Å². The molecule has 0 heterocycles. The van der Waals surface area contributed by atoms with Crippen LogP contribution in [-0.4, -0.2) is 6.54 Å². The molecule has 0 aromatic heterocycles. The quantitative estimate of drug-likeness (QED) is 0.709. The molecule has 0 atom stereocenters. The summed E-state index contributed by atoms with van der Waals surface area (Å²) in [6.07, 6.45) is 0. The van der Waals surface area contributed by atoms with Gasteiger partial charge in [-0.25, -0.2) is 5.43 Å². The van der Waals surface area contributed by atoms with Crippen LogP contribution in [0, 0.1) is 6.92 Å². The topological polar surface area (TPSA) is 24.1 Å². The van der Waals surface area contributed by atoms with Gasteiger partial charge in [-0.3, -0.25) is 0 Å². The summed E-state index contributed by atoms with van der Waals surface area (Å²) < 4.78 is 0. The lowest BCUT2D eigenvalue weighted by Crippen LogP contribution is -2.20. The minimum absolute atomic E-state index is 0. The maximum Gasteiger partial charge on any atom is 0.0487 e. The molecule has 0 saturated carbocycles. The maximum atomic E-state index is 3.07. The fourth-order valence-electron chi connectivity index (χ4n) is 0.827. The third kappa shape index (κ3) is 3.60. The zero-order chi connectivity index (χ0) is 8.10. The van der Waals surface area contributed by atoms with Gasteiger partial charge in [0.2, 0.25) is 0 Å². The van der Waals surface area contributed by atoms with Crippen molar-refractivity contribution >= 4 is 18.1 Å². The second kappa shape index (κ2) is 5.86. The first-order valence-corrected chi connectivity index (χ1v) is 3.88. The highest BCUT2D eigenvalue weighted by molar-refractivity contribution is 5.85. The predicted octanol–water partition coefficient (Wildman–Crippen LogP) is 2.35. The van der Waals surface area contributed by atoms with Crippen LogP contribution in [0.3, 0.4) is 0 Å². The van der Waals surface area contributed by atoms with Crippen molar-refractivity contribution in [3.8, 4) is 0 Å². The highest BCUT2D eigenvalue weighted by Crippen LogP contribution is 2.06. The van der Waals surface area contributed by atoms with Crippen LogP contribution in [0.15, 0.2) is 24.3 Å². The number of aryl methyl sites for hydroxylation is 1. The van der Waals surface area contributed by atoms with Gasteiger partial charge in [0.25, 0.3) is 0 Å². The molecule has 0 aliphatic rings. The lowest BCUT2D eigenvalue weighted by molar-refractivity contribution is 0.844. The van der Waals surface area contributed by atoms with E-state index in [9.17, 15) is 0 Å². The molecule has 3 heteroatoms. The first-order valence-electron chi connectivity index (χ1n) is 3.88. The van der Waals surface area contributed by atoms with E-state index in [1.165, 1.54) is 5.56 Å². The summed E-state index contributed by atoms with van der Waals surface area (Å²) in [4.78, 5) is 0. The summed E-state index contributed by atoms with van der Waals surface area (Å²) in [5.41, 5.74) is 8.50. The van der Waals surface area contributed by atoms with E-state index in [2.05, 4.69) is 49.0 Å². The van der Waals surface area contributed by atoms with Crippen LogP contribution in [0.25, 0.3) is 0 Å². The number of halogens is 1. The molecule has 2 N–H and O–H groups in total. The fraction of sp³-hybridized carbons (Fsp3) is 0.333. The van der Waals surface area contributed by atoms with E-state index >= 15 is 0 Å². The Kier molecular flexibility index (Phi) is 5.51. The Labute approximate surface area is 79.7 Å². The van der Waals surface area contributed by atoms with Crippen molar-refractivity contribution in [3.05, 3.63) is 29.8 Å². The van der Waals surface area contributed by atoms with Gasteiger partial charge in [0.05, 0.1) is 0 Å².